The third kappa shape index (κ3) is 3.43. The normalized spacial score (nSPS) is 16.3. The van der Waals surface area contributed by atoms with Crippen molar-refractivity contribution in [3.63, 3.8) is 0 Å². The molecule has 1 amide bonds. The van der Waals surface area contributed by atoms with Gasteiger partial charge in [-0.25, -0.2) is 9.97 Å². The van der Waals surface area contributed by atoms with Crippen molar-refractivity contribution in [3.05, 3.63) is 46.5 Å². The zero-order valence-corrected chi connectivity index (χ0v) is 15.1. The molecule has 1 aliphatic rings. The van der Waals surface area contributed by atoms with E-state index in [0.29, 0.717) is 5.56 Å². The average Bonchev–Trinajstić information content (AvgIpc) is 3.19. The van der Waals surface area contributed by atoms with Gasteiger partial charge in [0, 0.05) is 50.8 Å². The van der Waals surface area contributed by atoms with E-state index in [2.05, 4.69) is 32.4 Å². The Morgan fingerprint density at radius 3 is 3.00 bits per heavy atom. The number of amides is 1. The van der Waals surface area contributed by atoms with Crippen LogP contribution >= 0.6 is 11.3 Å². The lowest BCUT2D eigenvalue weighted by atomic mass is 10.2. The minimum atomic E-state index is 0.0537. The van der Waals surface area contributed by atoms with Gasteiger partial charge in [0.1, 0.15) is 5.52 Å². The molecule has 3 aromatic rings. The predicted molar refractivity (Wildman–Crippen MR) is 98.6 cm³/mol. The monoisotopic (exact) mass is 355 g/mol. The van der Waals surface area contributed by atoms with Crippen LogP contribution in [-0.4, -0.2) is 56.4 Å². The highest BCUT2D eigenvalue weighted by molar-refractivity contribution is 7.09. The average molecular weight is 355 g/mol. The van der Waals surface area contributed by atoms with E-state index in [1.807, 2.05) is 22.6 Å². The summed E-state index contributed by atoms with van der Waals surface area (Å²) in [5, 5.41) is 2.11. The molecule has 7 heteroatoms. The van der Waals surface area contributed by atoms with Gasteiger partial charge in [0.05, 0.1) is 11.9 Å². The third-order valence-corrected chi connectivity index (χ3v) is 5.49. The first-order valence-electron chi connectivity index (χ1n) is 8.52. The van der Waals surface area contributed by atoms with Crippen LogP contribution in [0.1, 0.15) is 21.7 Å². The largest absolute Gasteiger partial charge is 0.337 e. The van der Waals surface area contributed by atoms with Gasteiger partial charge >= 0.3 is 0 Å². The number of aromatic nitrogens is 3. The minimum absolute atomic E-state index is 0.0537. The quantitative estimate of drug-likeness (QED) is 0.724. The van der Waals surface area contributed by atoms with Crippen LogP contribution in [0, 0.1) is 0 Å². The maximum Gasteiger partial charge on any atom is 0.255 e. The van der Waals surface area contributed by atoms with Gasteiger partial charge in [0.2, 0.25) is 0 Å². The van der Waals surface area contributed by atoms with Crippen molar-refractivity contribution in [1.82, 2.24) is 24.3 Å². The van der Waals surface area contributed by atoms with E-state index in [-0.39, 0.29) is 5.91 Å². The van der Waals surface area contributed by atoms with Gasteiger partial charge < -0.3 is 9.47 Å². The van der Waals surface area contributed by atoms with Gasteiger partial charge in [-0.3, -0.25) is 9.69 Å². The van der Waals surface area contributed by atoms with E-state index in [1.54, 1.807) is 23.9 Å². The summed E-state index contributed by atoms with van der Waals surface area (Å²) in [6.45, 7) is 4.45. The number of carbonyl (C=O) groups excluding carboxylic acids is 1. The summed E-state index contributed by atoms with van der Waals surface area (Å²) in [6, 6.07) is 6.11. The maximum absolute atomic E-state index is 12.9. The van der Waals surface area contributed by atoms with Crippen LogP contribution in [0.4, 0.5) is 0 Å². The van der Waals surface area contributed by atoms with E-state index in [4.69, 9.17) is 0 Å². The number of hydrogen-bond donors (Lipinski definition) is 0. The number of fused-ring (bicyclic) bond motifs is 1. The van der Waals surface area contributed by atoms with Gasteiger partial charge in [-0.05, 0) is 23.9 Å². The number of carbonyl (C=O) groups is 1. The second-order valence-electron chi connectivity index (χ2n) is 6.42. The van der Waals surface area contributed by atoms with Crippen molar-refractivity contribution in [2.45, 2.75) is 13.0 Å². The molecule has 25 heavy (non-hydrogen) atoms. The van der Waals surface area contributed by atoms with Crippen molar-refractivity contribution < 1.29 is 4.79 Å². The molecule has 1 aliphatic heterocycles. The number of aryl methyl sites for hydroxylation is 1. The molecule has 0 unspecified atom stereocenters. The summed E-state index contributed by atoms with van der Waals surface area (Å²) in [4.78, 5) is 27.3. The molecule has 4 heterocycles. The Hall–Kier alpha value is -2.25. The lowest BCUT2D eigenvalue weighted by Gasteiger charge is -2.21. The molecule has 0 bridgehead atoms. The Labute approximate surface area is 150 Å². The van der Waals surface area contributed by atoms with Crippen molar-refractivity contribution in [3.8, 4) is 0 Å². The maximum atomic E-state index is 12.9. The molecule has 0 spiro atoms. The Balaban J connectivity index is 1.44. The minimum Gasteiger partial charge on any atom is -0.337 e. The number of hydrogen-bond acceptors (Lipinski definition) is 5. The first kappa shape index (κ1) is 16.2. The summed E-state index contributed by atoms with van der Waals surface area (Å²) in [5.41, 5.74) is 2.19. The van der Waals surface area contributed by atoms with Gasteiger partial charge in [-0.2, -0.15) is 0 Å². The second-order valence-corrected chi connectivity index (χ2v) is 7.46. The summed E-state index contributed by atoms with van der Waals surface area (Å²) >= 11 is 1.79. The first-order chi connectivity index (χ1) is 12.2. The number of rotatable bonds is 3. The molecule has 0 radical (unpaired) electrons. The van der Waals surface area contributed by atoms with E-state index in [0.717, 1.165) is 50.3 Å². The molecule has 0 aliphatic carbocycles. The van der Waals surface area contributed by atoms with E-state index in [1.165, 1.54) is 4.88 Å². The molecule has 1 saturated heterocycles. The highest BCUT2D eigenvalue weighted by atomic mass is 32.1. The first-order valence-corrected chi connectivity index (χ1v) is 9.40. The highest BCUT2D eigenvalue weighted by Gasteiger charge is 2.21. The lowest BCUT2D eigenvalue weighted by molar-refractivity contribution is 0.0761. The van der Waals surface area contributed by atoms with Gasteiger partial charge in [0.15, 0.2) is 5.65 Å². The van der Waals surface area contributed by atoms with E-state index >= 15 is 0 Å². The molecule has 6 nitrogen and oxygen atoms in total. The summed E-state index contributed by atoms with van der Waals surface area (Å²) < 4.78 is 1.86. The highest BCUT2D eigenvalue weighted by Crippen LogP contribution is 2.16. The van der Waals surface area contributed by atoms with Crippen LogP contribution < -0.4 is 0 Å². The fourth-order valence-corrected chi connectivity index (χ4v) is 4.02. The fraction of sp³-hybridized carbons (Fsp3) is 0.389. The Morgan fingerprint density at radius 2 is 2.16 bits per heavy atom. The molecular weight excluding hydrogens is 334 g/mol. The number of thiophene rings is 1. The molecular formula is C18H21N5OS. The number of pyridine rings is 1. The predicted octanol–water partition coefficient (Wildman–Crippen LogP) is 2.38. The standard InChI is InChI=1S/C18H21N5OS/c1-21-13-20-16-10-14(11-19-17(16)21)18(24)23-6-3-5-22(7-8-23)12-15-4-2-9-25-15/h2,4,9-11,13H,3,5-8,12H2,1H3. The summed E-state index contributed by atoms with van der Waals surface area (Å²) in [5.74, 6) is 0.0537. The summed E-state index contributed by atoms with van der Waals surface area (Å²) in [6.07, 6.45) is 4.39. The van der Waals surface area contributed by atoms with Crippen molar-refractivity contribution in [1.29, 1.82) is 0 Å². The van der Waals surface area contributed by atoms with Crippen molar-refractivity contribution in [2.75, 3.05) is 26.2 Å². The molecule has 130 valence electrons. The zero-order valence-electron chi connectivity index (χ0n) is 14.3. The molecule has 4 rings (SSSR count). The van der Waals surface area contributed by atoms with Crippen molar-refractivity contribution >= 4 is 28.4 Å². The molecule has 3 aromatic heterocycles. The second kappa shape index (κ2) is 6.93. The van der Waals surface area contributed by atoms with Crippen LogP contribution in [0.2, 0.25) is 0 Å². The topological polar surface area (TPSA) is 54.3 Å². The van der Waals surface area contributed by atoms with Gasteiger partial charge in [-0.15, -0.1) is 11.3 Å². The molecule has 0 atom stereocenters. The van der Waals surface area contributed by atoms with Crippen LogP contribution in [0.25, 0.3) is 11.2 Å². The Bertz CT molecular complexity index is 873. The number of nitrogens with zero attached hydrogens (tertiary/aromatic N) is 5. The molecule has 1 fully saturated rings. The van der Waals surface area contributed by atoms with Crippen LogP contribution in [0.3, 0.4) is 0 Å². The zero-order chi connectivity index (χ0) is 17.2. The SMILES string of the molecule is Cn1cnc2cc(C(=O)N3CCCN(Cc4cccs4)CC3)cnc21. The van der Waals surface area contributed by atoms with Crippen LogP contribution in [0.15, 0.2) is 36.1 Å². The fourth-order valence-electron chi connectivity index (χ4n) is 3.27. The van der Waals surface area contributed by atoms with Gasteiger partial charge in [-0.1, -0.05) is 6.07 Å². The van der Waals surface area contributed by atoms with Crippen LogP contribution in [0.5, 0.6) is 0 Å². The van der Waals surface area contributed by atoms with Gasteiger partial charge in [0.25, 0.3) is 5.91 Å². The number of imidazole rings is 1. The lowest BCUT2D eigenvalue weighted by Crippen LogP contribution is -2.35. The van der Waals surface area contributed by atoms with Crippen molar-refractivity contribution in [2.24, 2.45) is 7.05 Å². The Morgan fingerprint density at radius 1 is 1.24 bits per heavy atom. The Kier molecular flexibility index (Phi) is 4.50. The van der Waals surface area contributed by atoms with E-state index < -0.39 is 0 Å². The summed E-state index contributed by atoms with van der Waals surface area (Å²) in [7, 11) is 1.90. The molecule has 0 aromatic carbocycles. The van der Waals surface area contributed by atoms with Crippen LogP contribution in [-0.2, 0) is 13.6 Å². The third-order valence-electron chi connectivity index (χ3n) is 4.63. The molecule has 0 N–H and O–H groups in total. The molecule has 0 saturated carbocycles. The van der Waals surface area contributed by atoms with E-state index in [9.17, 15) is 4.79 Å². The smallest absolute Gasteiger partial charge is 0.255 e.